The average molecular weight is 289 g/mol. The third-order valence-corrected chi connectivity index (χ3v) is 5.18. The summed E-state index contributed by atoms with van der Waals surface area (Å²) in [6, 6.07) is 8.65. The van der Waals surface area contributed by atoms with Crippen LogP contribution >= 0.6 is 0 Å². The van der Waals surface area contributed by atoms with Gasteiger partial charge in [0.05, 0.1) is 0 Å². The number of hydrogen-bond donors (Lipinski definition) is 2. The Labute approximate surface area is 125 Å². The first kappa shape index (κ1) is 14.4. The lowest BCUT2D eigenvalue weighted by atomic mass is 9.86. The minimum absolute atomic E-state index is 0.189. The van der Waals surface area contributed by atoms with Crippen molar-refractivity contribution in [1.82, 2.24) is 4.90 Å². The van der Waals surface area contributed by atoms with Crippen molar-refractivity contribution in [1.29, 1.82) is 0 Å². The lowest BCUT2D eigenvalue weighted by Crippen LogP contribution is -2.44. The van der Waals surface area contributed by atoms with Crippen LogP contribution in [0.2, 0.25) is 0 Å². The predicted molar refractivity (Wildman–Crippen MR) is 80.1 cm³/mol. The number of benzene rings is 1. The molecule has 0 radical (unpaired) electrons. The molecule has 2 N–H and O–H groups in total. The van der Waals surface area contributed by atoms with Gasteiger partial charge in [0, 0.05) is 30.1 Å². The Morgan fingerprint density at radius 1 is 1.29 bits per heavy atom. The van der Waals surface area contributed by atoms with Crippen LogP contribution in [0.3, 0.4) is 0 Å². The van der Waals surface area contributed by atoms with Crippen LogP contribution in [0.1, 0.15) is 50.6 Å². The van der Waals surface area contributed by atoms with Crippen LogP contribution in [0.15, 0.2) is 24.3 Å². The summed E-state index contributed by atoms with van der Waals surface area (Å²) in [5.74, 6) is -0.00789. The van der Waals surface area contributed by atoms with E-state index in [9.17, 15) is 9.90 Å². The molecule has 0 saturated carbocycles. The molecule has 0 amide bonds. The van der Waals surface area contributed by atoms with Crippen molar-refractivity contribution in [2.24, 2.45) is 5.92 Å². The second-order valence-corrected chi connectivity index (χ2v) is 6.50. The molecule has 2 saturated heterocycles. The number of hydrogen-bond acceptors (Lipinski definition) is 3. The Kier molecular flexibility index (Phi) is 3.89. The van der Waals surface area contributed by atoms with E-state index in [1.807, 2.05) is 18.2 Å². The summed E-state index contributed by atoms with van der Waals surface area (Å²) < 4.78 is 0. The number of fused-ring (bicyclic) bond motifs is 2. The van der Waals surface area contributed by atoms with Crippen molar-refractivity contribution in [2.45, 2.75) is 57.2 Å². The van der Waals surface area contributed by atoms with Crippen molar-refractivity contribution in [3.05, 3.63) is 29.8 Å². The average Bonchev–Trinajstić information content (AvgIpc) is 2.69. The third kappa shape index (κ3) is 2.77. The largest absolute Gasteiger partial charge is 0.508 e. The van der Waals surface area contributed by atoms with Gasteiger partial charge in [0.15, 0.2) is 0 Å². The molecular formula is C17H23NO3. The van der Waals surface area contributed by atoms with Gasteiger partial charge < -0.3 is 10.2 Å². The molecule has 2 heterocycles. The summed E-state index contributed by atoms with van der Waals surface area (Å²) in [6.07, 6.45) is 4.55. The number of carbonyl (C=O) groups is 1. The number of phenols is 1. The van der Waals surface area contributed by atoms with Crippen LogP contribution in [-0.2, 0) is 4.79 Å². The summed E-state index contributed by atoms with van der Waals surface area (Å²) in [4.78, 5) is 13.4. The van der Waals surface area contributed by atoms with E-state index in [4.69, 9.17) is 5.11 Å². The molecular weight excluding hydrogens is 266 g/mol. The van der Waals surface area contributed by atoms with Crippen LogP contribution in [0.4, 0.5) is 0 Å². The van der Waals surface area contributed by atoms with Gasteiger partial charge in [0.2, 0.25) is 0 Å². The predicted octanol–water partition coefficient (Wildman–Crippen LogP) is 3.17. The summed E-state index contributed by atoms with van der Waals surface area (Å²) >= 11 is 0. The van der Waals surface area contributed by atoms with E-state index in [0.29, 0.717) is 30.2 Å². The summed E-state index contributed by atoms with van der Waals surface area (Å²) in [6.45, 7) is 2.15. The second kappa shape index (κ2) is 5.68. The van der Waals surface area contributed by atoms with E-state index in [2.05, 4.69) is 11.8 Å². The van der Waals surface area contributed by atoms with Gasteiger partial charge >= 0.3 is 5.97 Å². The summed E-state index contributed by atoms with van der Waals surface area (Å²) in [5.41, 5.74) is 0.978. The SMILES string of the molecule is CC(c1ccccc1O)N1C2CCC1CC(CC(=O)O)C2. The molecule has 3 unspecified atom stereocenters. The monoisotopic (exact) mass is 289 g/mol. The normalized spacial score (nSPS) is 30.2. The molecule has 1 aromatic rings. The first-order chi connectivity index (χ1) is 10.1. The van der Waals surface area contributed by atoms with Gasteiger partial charge in [-0.1, -0.05) is 18.2 Å². The van der Waals surface area contributed by atoms with Gasteiger partial charge in [-0.3, -0.25) is 9.69 Å². The molecule has 0 spiro atoms. The number of aliphatic carboxylic acids is 1. The van der Waals surface area contributed by atoms with Crippen LogP contribution < -0.4 is 0 Å². The topological polar surface area (TPSA) is 60.8 Å². The highest BCUT2D eigenvalue weighted by Gasteiger charge is 2.43. The summed E-state index contributed by atoms with van der Waals surface area (Å²) in [5, 5.41) is 19.1. The fourth-order valence-corrected chi connectivity index (χ4v) is 4.37. The Balaban J connectivity index is 1.76. The number of carboxylic acids is 1. The first-order valence-electron chi connectivity index (χ1n) is 7.83. The van der Waals surface area contributed by atoms with Gasteiger partial charge in [-0.25, -0.2) is 0 Å². The number of piperidine rings is 1. The standard InChI is InChI=1S/C17H23NO3/c1-11(15-4-2-3-5-16(15)19)18-13-6-7-14(18)9-12(8-13)10-17(20)21/h2-5,11-14,19H,6-10H2,1H3,(H,20,21). The van der Waals surface area contributed by atoms with Crippen LogP contribution in [0, 0.1) is 5.92 Å². The Morgan fingerprint density at radius 3 is 2.48 bits per heavy atom. The molecule has 114 valence electrons. The highest BCUT2D eigenvalue weighted by Crippen LogP contribution is 2.45. The number of rotatable bonds is 4. The molecule has 21 heavy (non-hydrogen) atoms. The number of para-hydroxylation sites is 1. The smallest absolute Gasteiger partial charge is 0.303 e. The number of aromatic hydroxyl groups is 1. The molecule has 0 aliphatic carbocycles. The van der Waals surface area contributed by atoms with Gasteiger partial charge in [-0.15, -0.1) is 0 Å². The van der Waals surface area contributed by atoms with Crippen molar-refractivity contribution in [3.8, 4) is 5.75 Å². The molecule has 0 aromatic heterocycles. The van der Waals surface area contributed by atoms with Crippen molar-refractivity contribution < 1.29 is 15.0 Å². The first-order valence-corrected chi connectivity index (χ1v) is 7.83. The molecule has 2 aliphatic heterocycles. The molecule has 2 fully saturated rings. The van der Waals surface area contributed by atoms with E-state index < -0.39 is 5.97 Å². The van der Waals surface area contributed by atoms with Crippen molar-refractivity contribution in [2.75, 3.05) is 0 Å². The van der Waals surface area contributed by atoms with Gasteiger partial charge in [0.25, 0.3) is 0 Å². The van der Waals surface area contributed by atoms with Crippen LogP contribution in [0.25, 0.3) is 0 Å². The zero-order valence-corrected chi connectivity index (χ0v) is 12.4. The second-order valence-electron chi connectivity index (χ2n) is 6.50. The minimum Gasteiger partial charge on any atom is -0.508 e. The van der Waals surface area contributed by atoms with Gasteiger partial charge in [-0.05, 0) is 44.6 Å². The fourth-order valence-electron chi connectivity index (χ4n) is 4.37. The zero-order valence-electron chi connectivity index (χ0n) is 12.4. The molecule has 2 bridgehead atoms. The van der Waals surface area contributed by atoms with Crippen molar-refractivity contribution in [3.63, 3.8) is 0 Å². The van der Waals surface area contributed by atoms with E-state index >= 15 is 0 Å². The number of nitrogens with zero attached hydrogens (tertiary/aromatic N) is 1. The molecule has 3 rings (SSSR count). The van der Waals surface area contributed by atoms with Crippen LogP contribution in [0.5, 0.6) is 5.75 Å². The van der Waals surface area contributed by atoms with Crippen molar-refractivity contribution >= 4 is 5.97 Å². The van der Waals surface area contributed by atoms with Gasteiger partial charge in [-0.2, -0.15) is 0 Å². The lowest BCUT2D eigenvalue weighted by Gasteiger charge is -2.42. The Hall–Kier alpha value is -1.55. The molecule has 3 atom stereocenters. The van der Waals surface area contributed by atoms with E-state index in [1.54, 1.807) is 6.07 Å². The number of phenolic OH excluding ortho intramolecular Hbond substituents is 1. The zero-order chi connectivity index (χ0) is 15.0. The maximum Gasteiger partial charge on any atom is 0.303 e. The van der Waals surface area contributed by atoms with Gasteiger partial charge in [0.1, 0.15) is 5.75 Å². The highest BCUT2D eigenvalue weighted by atomic mass is 16.4. The summed E-state index contributed by atoms with van der Waals surface area (Å²) in [7, 11) is 0. The lowest BCUT2D eigenvalue weighted by molar-refractivity contribution is -0.138. The van der Waals surface area contributed by atoms with E-state index in [0.717, 1.165) is 31.2 Å². The molecule has 1 aromatic carbocycles. The minimum atomic E-state index is -0.679. The maximum atomic E-state index is 10.9. The highest BCUT2D eigenvalue weighted by molar-refractivity contribution is 5.67. The Bertz CT molecular complexity index is 517. The maximum absolute atomic E-state index is 10.9. The fraction of sp³-hybridized carbons (Fsp3) is 0.588. The third-order valence-electron chi connectivity index (χ3n) is 5.18. The van der Waals surface area contributed by atoms with E-state index in [1.165, 1.54) is 0 Å². The molecule has 4 nitrogen and oxygen atoms in total. The Morgan fingerprint density at radius 2 is 1.90 bits per heavy atom. The number of carboxylic acid groups (broad SMARTS) is 1. The quantitative estimate of drug-likeness (QED) is 0.893. The molecule has 4 heteroatoms. The van der Waals surface area contributed by atoms with Crippen LogP contribution in [-0.4, -0.2) is 33.2 Å². The molecule has 2 aliphatic rings. The van der Waals surface area contributed by atoms with E-state index in [-0.39, 0.29) is 6.04 Å².